The number of carboxylic acid groups (broad SMARTS) is 1. The number of hydrogen-bond acceptors (Lipinski definition) is 10. The summed E-state index contributed by atoms with van der Waals surface area (Å²) in [5.41, 5.74) is 5.98. The second-order valence-electron chi connectivity index (χ2n) is 11.2. The van der Waals surface area contributed by atoms with Crippen molar-refractivity contribution < 1.29 is 36.6 Å². The van der Waals surface area contributed by atoms with Gasteiger partial charge in [-0.3, -0.25) is 0 Å². The third-order valence-corrected chi connectivity index (χ3v) is 10.9. The summed E-state index contributed by atoms with van der Waals surface area (Å²) in [6.07, 6.45) is 4.37. The lowest BCUT2D eigenvalue weighted by Gasteiger charge is -2.45. The minimum atomic E-state index is -4.69. The zero-order valence-corrected chi connectivity index (χ0v) is 26.9. The van der Waals surface area contributed by atoms with Gasteiger partial charge in [-0.05, 0) is 68.7 Å². The van der Waals surface area contributed by atoms with Crippen LogP contribution in [0.4, 0.5) is 24.4 Å². The molecule has 16 heteroatoms. The average Bonchev–Trinajstić information content (AvgIpc) is 3.51. The average molecular weight is 669 g/mol. The van der Waals surface area contributed by atoms with Crippen molar-refractivity contribution in [2.24, 2.45) is 17.1 Å². The van der Waals surface area contributed by atoms with E-state index in [-0.39, 0.29) is 35.2 Å². The monoisotopic (exact) mass is 668 g/mol. The summed E-state index contributed by atoms with van der Waals surface area (Å²) in [6.45, 7) is 2.02. The molecule has 12 nitrogen and oxygen atoms in total. The van der Waals surface area contributed by atoms with E-state index in [2.05, 4.69) is 20.0 Å². The number of nitrogens with zero attached hydrogens (tertiary/aromatic N) is 3. The van der Waals surface area contributed by atoms with Crippen molar-refractivity contribution in [3.05, 3.63) is 53.9 Å². The molecule has 2 aromatic carbocycles. The smallest absolute Gasteiger partial charge is 0.404 e. The van der Waals surface area contributed by atoms with Crippen LogP contribution < -0.4 is 30.1 Å². The number of ether oxygens (including phenoxy) is 2. The number of rotatable bonds is 16. The highest BCUT2D eigenvalue weighted by molar-refractivity contribution is 7.93. The van der Waals surface area contributed by atoms with Gasteiger partial charge < -0.3 is 30.9 Å². The van der Waals surface area contributed by atoms with Crippen molar-refractivity contribution in [2.75, 3.05) is 36.9 Å². The van der Waals surface area contributed by atoms with Crippen LogP contribution in [0.25, 0.3) is 0 Å². The number of aromatic nitrogens is 2. The second-order valence-corrected chi connectivity index (χ2v) is 13.7. The van der Waals surface area contributed by atoms with Crippen LogP contribution in [0.2, 0.25) is 0 Å². The minimum absolute atomic E-state index is 0.0298. The van der Waals surface area contributed by atoms with Crippen LogP contribution in [0.15, 0.2) is 41.6 Å². The zero-order chi connectivity index (χ0) is 32.8. The number of carbonyl (C=O) groups is 1. The van der Waals surface area contributed by atoms with Crippen LogP contribution in [-0.4, -0.2) is 62.3 Å². The molecule has 45 heavy (non-hydrogen) atoms. The Kier molecular flexibility index (Phi) is 11.0. The number of nitrogens with two attached hydrogens (primary N) is 1. The fourth-order valence-corrected chi connectivity index (χ4v) is 7.91. The number of halogens is 2. The summed E-state index contributed by atoms with van der Waals surface area (Å²) >= 11 is 0.775. The van der Waals surface area contributed by atoms with Gasteiger partial charge in [-0.25, -0.2) is 31.3 Å². The fraction of sp³-hybridized carbons (Fsp3) is 0.483. The lowest BCUT2D eigenvalue weighted by Crippen LogP contribution is -2.44. The summed E-state index contributed by atoms with van der Waals surface area (Å²) < 4.78 is 74.1. The second kappa shape index (κ2) is 14.6. The molecule has 4 rings (SSSR count). The molecule has 1 amide bonds. The lowest BCUT2D eigenvalue weighted by molar-refractivity contribution is 0.0776. The van der Waals surface area contributed by atoms with Gasteiger partial charge in [-0.1, -0.05) is 6.42 Å². The first-order valence-corrected chi connectivity index (χ1v) is 16.6. The Balaban J connectivity index is 1.61. The van der Waals surface area contributed by atoms with Gasteiger partial charge in [0, 0.05) is 41.8 Å². The number of methoxy groups -OCH3 is 2. The van der Waals surface area contributed by atoms with Crippen molar-refractivity contribution in [3.63, 3.8) is 0 Å². The van der Waals surface area contributed by atoms with E-state index in [0.717, 1.165) is 53.9 Å². The van der Waals surface area contributed by atoms with Gasteiger partial charge in [0.25, 0.3) is 10.0 Å². The Morgan fingerprint density at radius 2 is 1.96 bits per heavy atom. The molecule has 246 valence electrons. The maximum atomic E-state index is 15.6. The van der Waals surface area contributed by atoms with E-state index >= 15 is 8.78 Å². The number of amides is 1. The van der Waals surface area contributed by atoms with Gasteiger partial charge in [0.2, 0.25) is 5.13 Å². The SMILES string of the molecule is COc1ccc(CN(c2ncns2)S(=O)(=O)c2cc(F)c(NC[C@H](CC3(CCN)CCC3)[C@@H](C)NC(=O)O)cc2F)c(OC)c1. The van der Waals surface area contributed by atoms with E-state index in [1.165, 1.54) is 14.2 Å². The van der Waals surface area contributed by atoms with Gasteiger partial charge in [-0.2, -0.15) is 4.37 Å². The molecule has 3 aromatic rings. The molecule has 0 saturated heterocycles. The van der Waals surface area contributed by atoms with E-state index in [1.54, 1.807) is 25.1 Å². The van der Waals surface area contributed by atoms with E-state index in [9.17, 15) is 18.3 Å². The fourth-order valence-electron chi connectivity index (χ4n) is 5.72. The molecule has 1 heterocycles. The molecule has 0 bridgehead atoms. The molecule has 2 atom stereocenters. The number of hydrogen-bond donors (Lipinski definition) is 4. The van der Waals surface area contributed by atoms with Gasteiger partial charge in [0.1, 0.15) is 34.4 Å². The van der Waals surface area contributed by atoms with Crippen molar-refractivity contribution in [1.29, 1.82) is 0 Å². The lowest BCUT2D eigenvalue weighted by atomic mass is 9.61. The number of benzene rings is 2. The molecule has 0 spiro atoms. The van der Waals surface area contributed by atoms with Crippen molar-refractivity contribution >= 4 is 38.5 Å². The standard InChI is InChI=1S/C29H38F2N6O6S2/c1-18(36-28(38)39)20(14-29(9-10-32)7-4-8-29)15-33-24-12-23(31)26(13-22(24)30)45(40,41)37(27-34-17-35-44-27)16-19-5-6-21(42-2)11-25(19)43-3/h5-6,11-13,17-18,20,33,36H,4,7-10,14-16,32H2,1-3H3,(H,38,39)/t18-,20+/m1/s1. The molecule has 0 aliphatic heterocycles. The Morgan fingerprint density at radius 1 is 1.20 bits per heavy atom. The van der Waals surface area contributed by atoms with Crippen molar-refractivity contribution in [2.45, 2.75) is 56.5 Å². The molecule has 5 N–H and O–H groups in total. The topological polar surface area (TPSA) is 169 Å². The zero-order valence-electron chi connectivity index (χ0n) is 25.3. The first kappa shape index (κ1) is 34.1. The van der Waals surface area contributed by atoms with Gasteiger partial charge in [-0.15, -0.1) is 0 Å². The first-order valence-electron chi connectivity index (χ1n) is 14.4. The predicted molar refractivity (Wildman–Crippen MR) is 166 cm³/mol. The van der Waals surface area contributed by atoms with Crippen molar-refractivity contribution in [1.82, 2.24) is 14.7 Å². The Morgan fingerprint density at radius 3 is 2.53 bits per heavy atom. The van der Waals surface area contributed by atoms with Crippen LogP contribution in [0, 0.1) is 23.0 Å². The summed E-state index contributed by atoms with van der Waals surface area (Å²) in [5, 5.41) is 14.6. The highest BCUT2D eigenvalue weighted by Crippen LogP contribution is 2.49. The normalized spacial score (nSPS) is 15.4. The highest BCUT2D eigenvalue weighted by Gasteiger charge is 2.39. The predicted octanol–water partition coefficient (Wildman–Crippen LogP) is 4.82. The van der Waals surface area contributed by atoms with Crippen LogP contribution in [0.1, 0.15) is 44.6 Å². The number of sulfonamides is 1. The Labute approximate surface area is 265 Å². The molecule has 1 aliphatic rings. The molecule has 1 fully saturated rings. The van der Waals surface area contributed by atoms with Crippen LogP contribution in [0.5, 0.6) is 11.5 Å². The van der Waals surface area contributed by atoms with Crippen molar-refractivity contribution in [3.8, 4) is 11.5 Å². The number of nitrogens with one attached hydrogen (secondary N) is 2. The maximum absolute atomic E-state index is 15.6. The maximum Gasteiger partial charge on any atom is 0.404 e. The molecule has 1 aliphatic carbocycles. The molecular weight excluding hydrogens is 630 g/mol. The molecule has 0 radical (unpaired) electrons. The molecule has 1 aromatic heterocycles. The van der Waals surface area contributed by atoms with E-state index < -0.39 is 38.7 Å². The Hall–Kier alpha value is -3.76. The largest absolute Gasteiger partial charge is 0.497 e. The summed E-state index contributed by atoms with van der Waals surface area (Å²) in [5.74, 6) is -1.64. The third kappa shape index (κ3) is 7.91. The van der Waals surface area contributed by atoms with Gasteiger partial charge in [0.05, 0.1) is 26.5 Å². The summed E-state index contributed by atoms with van der Waals surface area (Å²) in [6, 6.07) is 5.72. The minimum Gasteiger partial charge on any atom is -0.497 e. The quantitative estimate of drug-likeness (QED) is 0.166. The van der Waals surface area contributed by atoms with Gasteiger partial charge >= 0.3 is 6.09 Å². The summed E-state index contributed by atoms with van der Waals surface area (Å²) in [4.78, 5) is 14.5. The highest BCUT2D eigenvalue weighted by atomic mass is 32.2. The van der Waals surface area contributed by atoms with E-state index in [1.807, 2.05) is 0 Å². The molecule has 1 saturated carbocycles. The van der Waals surface area contributed by atoms with E-state index in [0.29, 0.717) is 36.1 Å². The van der Waals surface area contributed by atoms with Crippen LogP contribution in [-0.2, 0) is 16.6 Å². The Bertz CT molecular complexity index is 1570. The van der Waals surface area contributed by atoms with E-state index in [4.69, 9.17) is 15.2 Å². The molecule has 0 unspecified atom stereocenters. The number of anilines is 2. The third-order valence-electron chi connectivity index (χ3n) is 8.36. The van der Waals surface area contributed by atoms with Crippen LogP contribution >= 0.6 is 11.5 Å². The van der Waals surface area contributed by atoms with Crippen LogP contribution in [0.3, 0.4) is 0 Å². The van der Waals surface area contributed by atoms with Gasteiger partial charge in [0.15, 0.2) is 0 Å². The summed E-state index contributed by atoms with van der Waals surface area (Å²) in [7, 11) is -1.80. The molecular formula is C29H38F2N6O6S2. The first-order chi connectivity index (χ1) is 21.4.